The number of carbonyl (C=O) groups excluding carboxylic acids is 2. The van der Waals surface area contributed by atoms with Gasteiger partial charge < -0.3 is 14.9 Å². The number of aliphatic hydroxyl groups excluding tert-OH is 1. The number of nitrogens with zero attached hydrogens (tertiary/aromatic N) is 4. The van der Waals surface area contributed by atoms with Crippen molar-refractivity contribution >= 4 is 34.7 Å². The first-order chi connectivity index (χ1) is 15.3. The number of fused-ring (bicyclic) bond motifs is 1. The van der Waals surface area contributed by atoms with Crippen molar-refractivity contribution in [1.29, 1.82) is 0 Å². The highest BCUT2D eigenvalue weighted by Gasteiger charge is 2.46. The van der Waals surface area contributed by atoms with Crippen LogP contribution < -0.4 is 0 Å². The molecule has 32 heavy (non-hydrogen) atoms. The first-order valence-electron chi connectivity index (χ1n) is 10.4. The summed E-state index contributed by atoms with van der Waals surface area (Å²) in [6.45, 7) is 2.92. The smallest absolute Gasteiger partial charge is 0.295 e. The largest absolute Gasteiger partial charge is 0.505 e. The number of Topliss-reactive ketones (excluding diaryl/α,β-unsaturated/α-hetero) is 1. The number of amides is 1. The number of hydrogen-bond donors (Lipinski definition) is 1. The summed E-state index contributed by atoms with van der Waals surface area (Å²) in [5.74, 6) is -1.54. The molecule has 1 aromatic carbocycles. The molecule has 166 valence electrons. The monoisotopic (exact) mass is 452 g/mol. The first kappa shape index (κ1) is 22.0. The molecule has 1 amide bonds. The zero-order valence-corrected chi connectivity index (χ0v) is 19.0. The third-order valence-corrected chi connectivity index (χ3v) is 5.91. The number of aromatic nitrogens is 2. The van der Waals surface area contributed by atoms with E-state index in [0.717, 1.165) is 6.54 Å². The van der Waals surface area contributed by atoms with E-state index in [1.54, 1.807) is 46.7 Å². The zero-order valence-electron chi connectivity index (χ0n) is 18.2. The number of benzene rings is 1. The molecule has 3 aromatic rings. The minimum atomic E-state index is -0.705. The summed E-state index contributed by atoms with van der Waals surface area (Å²) in [6.07, 6.45) is 2.47. The maximum atomic E-state index is 13.2. The van der Waals surface area contributed by atoms with Gasteiger partial charge in [-0.2, -0.15) is 0 Å². The summed E-state index contributed by atoms with van der Waals surface area (Å²) in [4.78, 5) is 34.3. The van der Waals surface area contributed by atoms with Gasteiger partial charge in [0.05, 0.1) is 17.3 Å². The average molecular weight is 453 g/mol. The van der Waals surface area contributed by atoms with Crippen molar-refractivity contribution in [3.05, 3.63) is 76.2 Å². The van der Waals surface area contributed by atoms with Gasteiger partial charge in [-0.1, -0.05) is 29.8 Å². The van der Waals surface area contributed by atoms with E-state index in [1.165, 1.54) is 0 Å². The third-order valence-electron chi connectivity index (χ3n) is 5.66. The summed E-state index contributed by atoms with van der Waals surface area (Å²) in [7, 11) is 3.91. The van der Waals surface area contributed by atoms with Gasteiger partial charge in [-0.25, -0.2) is 4.98 Å². The highest BCUT2D eigenvalue weighted by atomic mass is 35.5. The standard InChI is InChI=1S/C24H25ClN4O3/c1-15-20(28-13-5-4-7-18(28)26-15)22(30)19-21(16-8-10-17(25)11-9-16)29(24(32)23(19)31)14-6-12-27(2)3/h4-5,7-11,13,21,30H,6,12,14H2,1-3H3/b22-19-. The van der Waals surface area contributed by atoms with E-state index in [4.69, 9.17) is 11.6 Å². The van der Waals surface area contributed by atoms with Gasteiger partial charge in [0.15, 0.2) is 5.76 Å². The van der Waals surface area contributed by atoms with Crippen molar-refractivity contribution < 1.29 is 14.7 Å². The Balaban J connectivity index is 1.87. The maximum Gasteiger partial charge on any atom is 0.295 e. The number of hydrogen-bond acceptors (Lipinski definition) is 5. The molecule has 4 rings (SSSR count). The van der Waals surface area contributed by atoms with Crippen LogP contribution in [0, 0.1) is 6.92 Å². The quantitative estimate of drug-likeness (QED) is 0.351. The Hall–Kier alpha value is -3.16. The SMILES string of the molecule is Cc1nc2ccccn2c1/C(O)=C1/C(=O)C(=O)N(CCCN(C)C)C1c1ccc(Cl)cc1. The van der Waals surface area contributed by atoms with Crippen LogP contribution in [-0.4, -0.2) is 63.2 Å². The second-order valence-electron chi connectivity index (χ2n) is 8.18. The molecular formula is C24H25ClN4O3. The van der Waals surface area contributed by atoms with E-state index < -0.39 is 17.7 Å². The Morgan fingerprint density at radius 3 is 2.56 bits per heavy atom. The molecule has 0 bridgehead atoms. The molecule has 7 nitrogen and oxygen atoms in total. The van der Waals surface area contributed by atoms with Crippen LogP contribution in [0.15, 0.2) is 54.2 Å². The molecule has 1 fully saturated rings. The van der Waals surface area contributed by atoms with E-state index >= 15 is 0 Å². The maximum absolute atomic E-state index is 13.2. The van der Waals surface area contributed by atoms with Gasteiger partial charge in [0.2, 0.25) is 0 Å². The molecule has 0 spiro atoms. The minimum Gasteiger partial charge on any atom is -0.505 e. The number of rotatable bonds is 6. The van der Waals surface area contributed by atoms with E-state index in [9.17, 15) is 14.7 Å². The van der Waals surface area contributed by atoms with Crippen molar-refractivity contribution in [2.45, 2.75) is 19.4 Å². The van der Waals surface area contributed by atoms with Crippen LogP contribution in [0.4, 0.5) is 0 Å². The third kappa shape index (κ3) is 3.89. The molecule has 1 N–H and O–H groups in total. The van der Waals surface area contributed by atoms with Crippen LogP contribution in [0.2, 0.25) is 5.02 Å². The average Bonchev–Trinajstić information content (AvgIpc) is 3.22. The van der Waals surface area contributed by atoms with Crippen LogP contribution in [0.1, 0.15) is 29.4 Å². The van der Waals surface area contributed by atoms with Gasteiger partial charge >= 0.3 is 0 Å². The van der Waals surface area contributed by atoms with Crippen LogP contribution in [0.3, 0.4) is 0 Å². The molecule has 1 unspecified atom stereocenters. The number of aliphatic hydroxyl groups is 1. The van der Waals surface area contributed by atoms with Crippen molar-refractivity contribution in [1.82, 2.24) is 19.2 Å². The lowest BCUT2D eigenvalue weighted by Gasteiger charge is -2.26. The molecule has 1 aliphatic heterocycles. The van der Waals surface area contributed by atoms with Crippen molar-refractivity contribution in [3.8, 4) is 0 Å². The van der Waals surface area contributed by atoms with Crippen molar-refractivity contribution in [2.75, 3.05) is 27.2 Å². The molecule has 0 aliphatic carbocycles. The van der Waals surface area contributed by atoms with Gasteiger partial charge in [-0.15, -0.1) is 0 Å². The Labute approximate surface area is 191 Å². The van der Waals surface area contributed by atoms with Crippen LogP contribution in [0.5, 0.6) is 0 Å². The number of pyridine rings is 1. The Kier molecular flexibility index (Phi) is 6.04. The number of likely N-dealkylation sites (tertiary alicyclic amines) is 1. The highest BCUT2D eigenvalue weighted by Crippen LogP contribution is 2.40. The topological polar surface area (TPSA) is 78.1 Å². The molecular weight excluding hydrogens is 428 g/mol. The van der Waals surface area contributed by atoms with Gasteiger partial charge in [-0.05, 0) is 63.8 Å². The minimum absolute atomic E-state index is 0.0657. The van der Waals surface area contributed by atoms with Gasteiger partial charge in [0, 0.05) is 17.8 Å². The number of ketones is 1. The van der Waals surface area contributed by atoms with Crippen molar-refractivity contribution in [2.24, 2.45) is 0 Å². The lowest BCUT2D eigenvalue weighted by atomic mass is 9.96. The zero-order chi connectivity index (χ0) is 23.0. The Morgan fingerprint density at radius 2 is 1.88 bits per heavy atom. The highest BCUT2D eigenvalue weighted by molar-refractivity contribution is 6.46. The predicted octanol–water partition coefficient (Wildman–Crippen LogP) is 3.67. The number of carbonyl (C=O) groups is 2. The Morgan fingerprint density at radius 1 is 1.16 bits per heavy atom. The molecule has 0 radical (unpaired) electrons. The number of halogens is 1. The molecule has 1 aliphatic rings. The molecule has 2 aromatic heterocycles. The second kappa shape index (κ2) is 8.76. The van der Waals surface area contributed by atoms with E-state index in [-0.39, 0.29) is 11.3 Å². The summed E-state index contributed by atoms with van der Waals surface area (Å²) in [5.41, 5.74) is 2.41. The number of imidazole rings is 1. The second-order valence-corrected chi connectivity index (χ2v) is 8.61. The fourth-order valence-corrected chi connectivity index (χ4v) is 4.31. The predicted molar refractivity (Wildman–Crippen MR) is 124 cm³/mol. The Bertz CT molecular complexity index is 1210. The first-order valence-corrected chi connectivity index (χ1v) is 10.8. The number of aryl methyl sites for hydroxylation is 1. The molecule has 0 saturated carbocycles. The molecule has 1 saturated heterocycles. The summed E-state index contributed by atoms with van der Waals surface area (Å²) in [5, 5.41) is 11.9. The van der Waals surface area contributed by atoms with Crippen LogP contribution in [-0.2, 0) is 9.59 Å². The fourth-order valence-electron chi connectivity index (χ4n) is 4.19. The molecule has 3 heterocycles. The van der Waals surface area contributed by atoms with E-state index in [2.05, 4.69) is 4.98 Å². The summed E-state index contributed by atoms with van der Waals surface area (Å²) in [6, 6.07) is 11.8. The summed E-state index contributed by atoms with van der Waals surface area (Å²) < 4.78 is 1.73. The van der Waals surface area contributed by atoms with Crippen molar-refractivity contribution in [3.63, 3.8) is 0 Å². The lowest BCUT2D eigenvalue weighted by molar-refractivity contribution is -0.139. The molecule has 8 heteroatoms. The summed E-state index contributed by atoms with van der Waals surface area (Å²) >= 11 is 6.07. The van der Waals surface area contributed by atoms with E-state index in [0.29, 0.717) is 40.6 Å². The molecule has 1 atom stereocenters. The van der Waals surface area contributed by atoms with E-state index in [1.807, 2.05) is 37.2 Å². The lowest BCUT2D eigenvalue weighted by Crippen LogP contribution is -2.32. The van der Waals surface area contributed by atoms with Crippen LogP contribution in [0.25, 0.3) is 11.4 Å². The normalized spacial score (nSPS) is 18.3. The van der Waals surface area contributed by atoms with Gasteiger partial charge in [0.25, 0.3) is 11.7 Å². The van der Waals surface area contributed by atoms with Gasteiger partial charge in [-0.3, -0.25) is 14.0 Å². The van der Waals surface area contributed by atoms with Crippen LogP contribution >= 0.6 is 11.6 Å². The van der Waals surface area contributed by atoms with Gasteiger partial charge in [0.1, 0.15) is 11.3 Å². The fraction of sp³-hybridized carbons (Fsp3) is 0.292.